The second kappa shape index (κ2) is 10.8. The van der Waals surface area contributed by atoms with E-state index in [9.17, 15) is 18.0 Å². The minimum Gasteiger partial charge on any atom is -0.379 e. The molecule has 38 heavy (non-hydrogen) atoms. The monoisotopic (exact) mass is 525 g/mol. The lowest BCUT2D eigenvalue weighted by atomic mass is 9.89. The van der Waals surface area contributed by atoms with E-state index in [-0.39, 0.29) is 23.5 Å². The van der Waals surface area contributed by atoms with Crippen LogP contribution in [0.3, 0.4) is 0 Å². The fraction of sp³-hybridized carbons (Fsp3) is 0.429. The van der Waals surface area contributed by atoms with E-state index in [0.29, 0.717) is 54.7 Å². The summed E-state index contributed by atoms with van der Waals surface area (Å²) >= 11 is 0. The van der Waals surface area contributed by atoms with Crippen molar-refractivity contribution in [2.75, 3.05) is 26.3 Å². The standard InChI is InChI=1S/C28H30F3N5O2/c1-18-3-8-26(32-15-18)36-19(2)23(17-34-36)25(37)14-20-13-24(28(29,30)31)27(33-16-20)21-4-6-22(7-5-21)35-9-11-38-12-10-35/h3-4,8,13,15-17,22H,5-7,9-12,14H2,1-2H3. The molecule has 0 amide bonds. The molecule has 1 fully saturated rings. The highest BCUT2D eigenvalue weighted by Crippen LogP contribution is 2.38. The highest BCUT2D eigenvalue weighted by atomic mass is 19.4. The van der Waals surface area contributed by atoms with Crippen LogP contribution in [0.15, 0.2) is 42.9 Å². The number of aryl methyl sites for hydroxylation is 1. The Balaban J connectivity index is 1.35. The largest absolute Gasteiger partial charge is 0.418 e. The van der Waals surface area contributed by atoms with Gasteiger partial charge >= 0.3 is 6.18 Å². The van der Waals surface area contributed by atoms with Crippen LogP contribution in [0.25, 0.3) is 11.4 Å². The van der Waals surface area contributed by atoms with Gasteiger partial charge in [0.25, 0.3) is 0 Å². The molecule has 2 aliphatic rings. The van der Waals surface area contributed by atoms with E-state index < -0.39 is 11.7 Å². The Kier molecular flexibility index (Phi) is 7.45. The lowest BCUT2D eigenvalue weighted by molar-refractivity contribution is -0.138. The van der Waals surface area contributed by atoms with Gasteiger partial charge in [0.15, 0.2) is 11.6 Å². The Bertz CT molecular complexity index is 1340. The van der Waals surface area contributed by atoms with Gasteiger partial charge in [0, 0.05) is 37.9 Å². The van der Waals surface area contributed by atoms with E-state index in [0.717, 1.165) is 31.1 Å². The lowest BCUT2D eigenvalue weighted by Gasteiger charge is -2.36. The van der Waals surface area contributed by atoms with Gasteiger partial charge in [-0.3, -0.25) is 14.7 Å². The first-order chi connectivity index (χ1) is 18.2. The zero-order valence-electron chi connectivity index (χ0n) is 21.5. The quantitative estimate of drug-likeness (QED) is 0.422. The van der Waals surface area contributed by atoms with Gasteiger partial charge in [0.2, 0.25) is 0 Å². The van der Waals surface area contributed by atoms with E-state index in [1.165, 1.54) is 12.4 Å². The second-order valence-electron chi connectivity index (χ2n) is 9.89. The van der Waals surface area contributed by atoms with E-state index in [4.69, 9.17) is 4.74 Å². The van der Waals surface area contributed by atoms with E-state index in [2.05, 4.69) is 20.0 Å². The smallest absolute Gasteiger partial charge is 0.379 e. The molecule has 0 radical (unpaired) electrons. The van der Waals surface area contributed by atoms with Crippen LogP contribution in [0.1, 0.15) is 57.7 Å². The van der Waals surface area contributed by atoms with Gasteiger partial charge < -0.3 is 4.74 Å². The maximum Gasteiger partial charge on any atom is 0.418 e. The highest BCUT2D eigenvalue weighted by molar-refractivity contribution is 5.98. The molecule has 0 aromatic carbocycles. The number of hydrogen-bond donors (Lipinski definition) is 0. The minimum absolute atomic E-state index is 0.0384. The molecule has 0 bridgehead atoms. The summed E-state index contributed by atoms with van der Waals surface area (Å²) in [5.41, 5.74) is 1.91. The zero-order valence-corrected chi connectivity index (χ0v) is 21.5. The number of pyridine rings is 2. The number of hydrogen-bond acceptors (Lipinski definition) is 6. The topological polar surface area (TPSA) is 73.1 Å². The normalized spacial score (nSPS) is 18.9. The number of carbonyl (C=O) groups excluding carboxylic acids is 1. The molecule has 3 aromatic heterocycles. The number of nitrogens with zero attached hydrogens (tertiary/aromatic N) is 5. The molecule has 1 atom stereocenters. The Morgan fingerprint density at radius 1 is 1.11 bits per heavy atom. The molecule has 1 saturated heterocycles. The van der Waals surface area contributed by atoms with Gasteiger partial charge in [-0.05, 0) is 61.9 Å². The van der Waals surface area contributed by atoms with Crippen LogP contribution < -0.4 is 0 Å². The number of alkyl halides is 3. The molecule has 3 aromatic rings. The van der Waals surface area contributed by atoms with Crippen molar-refractivity contribution in [2.24, 2.45) is 0 Å². The summed E-state index contributed by atoms with van der Waals surface area (Å²) in [7, 11) is 0. The number of ether oxygens (including phenoxy) is 1. The number of rotatable bonds is 6. The van der Waals surface area contributed by atoms with E-state index in [1.54, 1.807) is 23.9 Å². The third kappa shape index (κ3) is 5.56. The first-order valence-electron chi connectivity index (χ1n) is 12.8. The Morgan fingerprint density at radius 3 is 2.55 bits per heavy atom. The average Bonchev–Trinajstić information content (AvgIpc) is 3.30. The molecule has 7 nitrogen and oxygen atoms in total. The molecule has 5 rings (SSSR count). The Morgan fingerprint density at radius 2 is 1.89 bits per heavy atom. The first-order valence-corrected chi connectivity index (χ1v) is 12.8. The van der Waals surface area contributed by atoms with Crippen LogP contribution in [0.2, 0.25) is 0 Å². The summed E-state index contributed by atoms with van der Waals surface area (Å²) in [5.74, 6) is 0.239. The fourth-order valence-corrected chi connectivity index (χ4v) is 5.17. The van der Waals surface area contributed by atoms with Crippen molar-refractivity contribution in [2.45, 2.75) is 51.7 Å². The van der Waals surface area contributed by atoms with Crippen molar-refractivity contribution >= 4 is 11.4 Å². The number of ketones is 1. The van der Waals surface area contributed by atoms with Crippen molar-refractivity contribution in [1.29, 1.82) is 0 Å². The molecule has 1 aliphatic carbocycles. The summed E-state index contributed by atoms with van der Waals surface area (Å²) in [6.45, 7) is 6.74. The Labute approximate surface area is 219 Å². The molecule has 1 unspecified atom stereocenters. The summed E-state index contributed by atoms with van der Waals surface area (Å²) in [6, 6.07) is 5.07. The van der Waals surface area contributed by atoms with Crippen LogP contribution in [0.4, 0.5) is 13.2 Å². The zero-order chi connectivity index (χ0) is 26.9. The number of allylic oxidation sites excluding steroid dienone is 1. The first kappa shape index (κ1) is 26.2. The number of aromatic nitrogens is 4. The van der Waals surface area contributed by atoms with Crippen molar-refractivity contribution in [1.82, 2.24) is 24.6 Å². The summed E-state index contributed by atoms with van der Waals surface area (Å²) in [5, 5.41) is 4.27. The average molecular weight is 526 g/mol. The van der Waals surface area contributed by atoms with Crippen LogP contribution in [0, 0.1) is 13.8 Å². The number of carbonyl (C=O) groups is 1. The van der Waals surface area contributed by atoms with Gasteiger partial charge in [0.05, 0.1) is 41.9 Å². The van der Waals surface area contributed by atoms with Crippen LogP contribution in [0.5, 0.6) is 0 Å². The van der Waals surface area contributed by atoms with Crippen molar-refractivity contribution in [3.05, 3.63) is 76.5 Å². The molecule has 0 N–H and O–H groups in total. The van der Waals surface area contributed by atoms with Gasteiger partial charge in [-0.2, -0.15) is 18.3 Å². The molecule has 0 saturated carbocycles. The summed E-state index contributed by atoms with van der Waals surface area (Å²) < 4.78 is 49.3. The summed E-state index contributed by atoms with van der Waals surface area (Å²) in [6.07, 6.45) is 3.63. The molecular weight excluding hydrogens is 495 g/mol. The van der Waals surface area contributed by atoms with Crippen LogP contribution in [-0.2, 0) is 17.3 Å². The van der Waals surface area contributed by atoms with Crippen molar-refractivity contribution < 1.29 is 22.7 Å². The van der Waals surface area contributed by atoms with Crippen molar-refractivity contribution in [3.8, 4) is 5.82 Å². The summed E-state index contributed by atoms with van der Waals surface area (Å²) in [4.78, 5) is 24.0. The number of halogens is 3. The molecule has 200 valence electrons. The predicted molar refractivity (Wildman–Crippen MR) is 136 cm³/mol. The molecular formula is C28H30F3N5O2. The van der Waals surface area contributed by atoms with Crippen molar-refractivity contribution in [3.63, 3.8) is 0 Å². The molecule has 10 heteroatoms. The maximum absolute atomic E-state index is 14.1. The molecule has 0 spiro atoms. The fourth-order valence-electron chi connectivity index (χ4n) is 5.17. The number of morpholine rings is 1. The number of Topliss-reactive ketones (excluding diaryl/α,β-unsaturated/α-hetero) is 1. The van der Waals surface area contributed by atoms with E-state index >= 15 is 0 Å². The second-order valence-corrected chi connectivity index (χ2v) is 9.89. The lowest BCUT2D eigenvalue weighted by Crippen LogP contribution is -2.44. The third-order valence-electron chi connectivity index (χ3n) is 7.29. The van der Waals surface area contributed by atoms with Gasteiger partial charge in [-0.25, -0.2) is 9.67 Å². The minimum atomic E-state index is -4.58. The van der Waals surface area contributed by atoms with Gasteiger partial charge in [-0.1, -0.05) is 12.1 Å². The Hall–Kier alpha value is -3.37. The van der Waals surface area contributed by atoms with Crippen LogP contribution >= 0.6 is 0 Å². The van der Waals surface area contributed by atoms with E-state index in [1.807, 2.05) is 19.1 Å². The van der Waals surface area contributed by atoms with Gasteiger partial charge in [0.1, 0.15) is 0 Å². The third-order valence-corrected chi connectivity index (χ3v) is 7.29. The predicted octanol–water partition coefficient (Wildman–Crippen LogP) is 4.99. The molecule has 4 heterocycles. The van der Waals surface area contributed by atoms with Gasteiger partial charge in [-0.15, -0.1) is 0 Å². The molecule has 1 aliphatic heterocycles. The maximum atomic E-state index is 14.1. The van der Waals surface area contributed by atoms with Crippen LogP contribution in [-0.4, -0.2) is 62.8 Å². The highest BCUT2D eigenvalue weighted by Gasteiger charge is 2.36. The SMILES string of the molecule is Cc1ccc(-n2ncc(C(=O)Cc3cnc(C4=CCC(N5CCOCC5)CC4)c(C(F)(F)F)c3)c2C)nc1.